The lowest BCUT2D eigenvalue weighted by Gasteiger charge is -2.16. The van der Waals surface area contributed by atoms with Crippen LogP contribution < -0.4 is 5.32 Å². The van der Waals surface area contributed by atoms with Crippen LogP contribution in [-0.4, -0.2) is 4.98 Å². The summed E-state index contributed by atoms with van der Waals surface area (Å²) in [4.78, 5) is 6.95. The second kappa shape index (κ2) is 5.19. The van der Waals surface area contributed by atoms with Crippen LogP contribution in [0, 0.1) is 13.8 Å². The highest BCUT2D eigenvalue weighted by Gasteiger charge is 2.12. The number of aryl methyl sites for hydroxylation is 2. The smallest absolute Gasteiger partial charge is 0.129 e. The average Bonchev–Trinajstić information content (AvgIpc) is 2.61. The van der Waals surface area contributed by atoms with Gasteiger partial charge in [0.05, 0.1) is 5.69 Å². The van der Waals surface area contributed by atoms with Crippen molar-refractivity contribution in [2.24, 2.45) is 0 Å². The lowest BCUT2D eigenvalue weighted by atomic mass is 10.1. The van der Waals surface area contributed by atoms with Crippen molar-refractivity contribution < 1.29 is 0 Å². The van der Waals surface area contributed by atoms with E-state index in [9.17, 15) is 0 Å². The van der Waals surface area contributed by atoms with Gasteiger partial charge in [-0.25, -0.2) is 4.98 Å². The van der Waals surface area contributed by atoms with Crippen LogP contribution in [0.4, 0.5) is 5.69 Å². The molecular weight excluding hydrogens is 296 g/mol. The minimum absolute atomic E-state index is 0.292. The van der Waals surface area contributed by atoms with Crippen molar-refractivity contribution in [2.75, 3.05) is 5.32 Å². The monoisotopic (exact) mass is 310 g/mol. The molecule has 17 heavy (non-hydrogen) atoms. The molecule has 0 fully saturated rings. The van der Waals surface area contributed by atoms with Crippen molar-refractivity contribution in [3.8, 4) is 0 Å². The van der Waals surface area contributed by atoms with E-state index in [0.29, 0.717) is 6.04 Å². The number of hydrogen-bond donors (Lipinski definition) is 1. The summed E-state index contributed by atoms with van der Waals surface area (Å²) in [5.41, 5.74) is 2.39. The first-order valence-corrected chi connectivity index (χ1v) is 7.13. The number of hydrogen-bond acceptors (Lipinski definition) is 3. The van der Waals surface area contributed by atoms with E-state index >= 15 is 0 Å². The molecule has 2 aromatic heterocycles. The van der Waals surface area contributed by atoms with E-state index in [1.54, 1.807) is 6.20 Å². The van der Waals surface area contributed by atoms with E-state index in [4.69, 9.17) is 0 Å². The van der Waals surface area contributed by atoms with E-state index in [0.717, 1.165) is 10.3 Å². The molecular formula is C13H15BrN2S. The molecule has 0 aromatic carbocycles. The Morgan fingerprint density at radius 3 is 2.76 bits per heavy atom. The van der Waals surface area contributed by atoms with E-state index in [1.165, 1.54) is 15.3 Å². The number of anilines is 1. The third-order valence-corrected chi connectivity index (χ3v) is 4.29. The number of aromatic nitrogens is 1. The van der Waals surface area contributed by atoms with Crippen molar-refractivity contribution in [3.63, 3.8) is 0 Å². The molecule has 1 atom stereocenters. The standard InChI is InChI=1S/C13H15BrN2S/c1-8-7-11(10(3)17-8)9(2)16-12-5-4-6-15-13(12)14/h4-7,9,16H,1-3H3. The predicted molar refractivity (Wildman–Crippen MR) is 77.8 cm³/mol. The molecule has 90 valence electrons. The first-order chi connectivity index (χ1) is 8.08. The molecule has 0 saturated heterocycles. The van der Waals surface area contributed by atoms with E-state index < -0.39 is 0 Å². The van der Waals surface area contributed by atoms with Crippen LogP contribution >= 0.6 is 27.3 Å². The van der Waals surface area contributed by atoms with Gasteiger partial charge in [-0.15, -0.1) is 11.3 Å². The Bertz CT molecular complexity index is 522. The second-order valence-corrected chi connectivity index (χ2v) is 6.29. The summed E-state index contributed by atoms with van der Waals surface area (Å²) in [6.45, 7) is 6.49. The van der Waals surface area contributed by atoms with E-state index in [1.807, 2.05) is 23.5 Å². The molecule has 2 nitrogen and oxygen atoms in total. The third kappa shape index (κ3) is 2.87. The number of pyridine rings is 1. The first-order valence-electron chi connectivity index (χ1n) is 5.52. The highest BCUT2D eigenvalue weighted by molar-refractivity contribution is 9.10. The summed E-state index contributed by atoms with van der Waals surface area (Å²) < 4.78 is 0.858. The van der Waals surface area contributed by atoms with Crippen LogP contribution in [0.15, 0.2) is 29.0 Å². The SMILES string of the molecule is Cc1cc(C(C)Nc2cccnc2Br)c(C)s1. The molecule has 2 heterocycles. The fourth-order valence-electron chi connectivity index (χ4n) is 1.89. The van der Waals surface area contributed by atoms with Crippen LogP contribution in [0.5, 0.6) is 0 Å². The fraction of sp³-hybridized carbons (Fsp3) is 0.308. The number of thiophene rings is 1. The van der Waals surface area contributed by atoms with Crippen molar-refractivity contribution in [3.05, 3.63) is 44.3 Å². The molecule has 0 aliphatic rings. The Balaban J connectivity index is 2.20. The second-order valence-electron chi connectivity index (χ2n) is 4.08. The van der Waals surface area contributed by atoms with Gasteiger partial charge in [0.25, 0.3) is 0 Å². The normalized spacial score (nSPS) is 12.5. The van der Waals surface area contributed by atoms with Gasteiger partial charge in [0.2, 0.25) is 0 Å². The molecule has 0 aliphatic carbocycles. The van der Waals surface area contributed by atoms with Gasteiger partial charge in [-0.3, -0.25) is 0 Å². The van der Waals surface area contributed by atoms with Gasteiger partial charge in [-0.2, -0.15) is 0 Å². The maximum absolute atomic E-state index is 4.21. The fourth-order valence-corrected chi connectivity index (χ4v) is 3.27. The van der Waals surface area contributed by atoms with Crippen molar-refractivity contribution in [2.45, 2.75) is 26.8 Å². The predicted octanol–water partition coefficient (Wildman–Crippen LogP) is 4.70. The topological polar surface area (TPSA) is 24.9 Å². The maximum Gasteiger partial charge on any atom is 0.129 e. The summed E-state index contributed by atoms with van der Waals surface area (Å²) >= 11 is 5.29. The van der Waals surface area contributed by atoms with Gasteiger partial charge < -0.3 is 5.32 Å². The van der Waals surface area contributed by atoms with Gasteiger partial charge in [0, 0.05) is 22.0 Å². The quantitative estimate of drug-likeness (QED) is 0.831. The van der Waals surface area contributed by atoms with Crippen molar-refractivity contribution >= 4 is 33.0 Å². The Kier molecular flexibility index (Phi) is 3.84. The Morgan fingerprint density at radius 1 is 1.41 bits per heavy atom. The maximum atomic E-state index is 4.21. The number of rotatable bonds is 3. The molecule has 0 radical (unpaired) electrons. The number of nitrogens with zero attached hydrogens (tertiary/aromatic N) is 1. The van der Waals surface area contributed by atoms with Crippen molar-refractivity contribution in [1.29, 1.82) is 0 Å². The zero-order valence-electron chi connectivity index (χ0n) is 10.1. The number of nitrogens with one attached hydrogen (secondary N) is 1. The Labute approximate surface area is 114 Å². The molecule has 4 heteroatoms. The lowest BCUT2D eigenvalue weighted by molar-refractivity contribution is 0.878. The highest BCUT2D eigenvalue weighted by atomic mass is 79.9. The van der Waals surface area contributed by atoms with E-state index in [2.05, 4.69) is 53.1 Å². The molecule has 2 aromatic rings. The third-order valence-electron chi connectivity index (χ3n) is 2.68. The minimum atomic E-state index is 0.292. The summed E-state index contributed by atoms with van der Waals surface area (Å²) in [5, 5.41) is 3.48. The zero-order chi connectivity index (χ0) is 12.4. The lowest BCUT2D eigenvalue weighted by Crippen LogP contribution is -2.07. The van der Waals surface area contributed by atoms with Crippen LogP contribution in [0.3, 0.4) is 0 Å². The van der Waals surface area contributed by atoms with Gasteiger partial charge in [0.1, 0.15) is 4.60 Å². The summed E-state index contributed by atoms with van der Waals surface area (Å²) in [6, 6.07) is 6.51. The molecule has 0 aliphatic heterocycles. The van der Waals surface area contributed by atoms with Crippen LogP contribution in [-0.2, 0) is 0 Å². The zero-order valence-corrected chi connectivity index (χ0v) is 12.5. The molecule has 0 saturated carbocycles. The summed E-state index contributed by atoms with van der Waals surface area (Å²) in [7, 11) is 0. The van der Waals surface area contributed by atoms with Gasteiger partial charge >= 0.3 is 0 Å². The molecule has 0 bridgehead atoms. The molecule has 0 amide bonds. The van der Waals surface area contributed by atoms with Crippen LogP contribution in [0.2, 0.25) is 0 Å². The highest BCUT2D eigenvalue weighted by Crippen LogP contribution is 2.30. The summed E-state index contributed by atoms with van der Waals surface area (Å²) in [5.74, 6) is 0. The Morgan fingerprint density at radius 2 is 2.18 bits per heavy atom. The molecule has 2 rings (SSSR count). The van der Waals surface area contributed by atoms with Gasteiger partial charge in [0.15, 0.2) is 0 Å². The molecule has 1 unspecified atom stereocenters. The largest absolute Gasteiger partial charge is 0.376 e. The van der Waals surface area contributed by atoms with Crippen LogP contribution in [0.1, 0.15) is 28.3 Å². The molecule has 0 spiro atoms. The Hall–Kier alpha value is -0.870. The summed E-state index contributed by atoms with van der Waals surface area (Å²) in [6.07, 6.45) is 1.78. The van der Waals surface area contributed by atoms with Gasteiger partial charge in [-0.1, -0.05) is 0 Å². The van der Waals surface area contributed by atoms with Crippen LogP contribution in [0.25, 0.3) is 0 Å². The first kappa shape index (κ1) is 12.6. The minimum Gasteiger partial charge on any atom is -0.376 e. The van der Waals surface area contributed by atoms with Gasteiger partial charge in [-0.05, 0) is 60.5 Å². The number of halogens is 1. The average molecular weight is 311 g/mol. The van der Waals surface area contributed by atoms with Crippen molar-refractivity contribution in [1.82, 2.24) is 4.98 Å². The molecule has 1 N–H and O–H groups in total. The van der Waals surface area contributed by atoms with E-state index in [-0.39, 0.29) is 0 Å².